The molecule has 3 rings (SSSR count). The minimum atomic E-state index is -0.440. The number of hydrazone groups is 1. The number of hydrogen-bond acceptors (Lipinski definition) is 6. The molecule has 0 aliphatic heterocycles. The number of halogens is 1. The van der Waals surface area contributed by atoms with Crippen molar-refractivity contribution in [2.45, 2.75) is 6.61 Å². The summed E-state index contributed by atoms with van der Waals surface area (Å²) in [6.07, 6.45) is 1.53. The summed E-state index contributed by atoms with van der Waals surface area (Å²) < 4.78 is 6.42. The summed E-state index contributed by atoms with van der Waals surface area (Å²) in [4.78, 5) is 22.8. The van der Waals surface area contributed by atoms with E-state index >= 15 is 0 Å². The van der Waals surface area contributed by atoms with Crippen LogP contribution in [0, 0.1) is 10.1 Å². The van der Waals surface area contributed by atoms with Crippen LogP contribution in [0.4, 0.5) is 5.69 Å². The van der Waals surface area contributed by atoms with E-state index in [2.05, 4.69) is 26.5 Å². The Morgan fingerprint density at radius 1 is 1.25 bits per heavy atom. The summed E-state index contributed by atoms with van der Waals surface area (Å²) in [5.41, 5.74) is 3.95. The number of nitro benzene ring substituents is 1. The van der Waals surface area contributed by atoms with Crippen LogP contribution in [0.1, 0.15) is 20.8 Å². The van der Waals surface area contributed by atoms with Crippen LogP contribution in [0.25, 0.3) is 0 Å². The van der Waals surface area contributed by atoms with Crippen molar-refractivity contribution in [3.63, 3.8) is 0 Å². The molecule has 28 heavy (non-hydrogen) atoms. The first-order chi connectivity index (χ1) is 13.5. The number of nitrogens with one attached hydrogen (secondary N) is 1. The van der Waals surface area contributed by atoms with Crippen LogP contribution in [0.3, 0.4) is 0 Å². The average Bonchev–Trinajstić information content (AvgIpc) is 3.22. The Balaban J connectivity index is 1.59. The van der Waals surface area contributed by atoms with Gasteiger partial charge in [-0.25, -0.2) is 5.43 Å². The van der Waals surface area contributed by atoms with Crippen molar-refractivity contribution >= 4 is 45.1 Å². The molecular formula is C19H14BrN3O4S. The SMILES string of the molecule is O=C(N/N=C/c1ccc(OCc2cccc([N+](=O)[O-])c2)c(Br)c1)c1cccs1. The summed E-state index contributed by atoms with van der Waals surface area (Å²) in [6.45, 7) is 0.199. The lowest BCUT2D eigenvalue weighted by Crippen LogP contribution is -2.16. The molecule has 1 aromatic heterocycles. The van der Waals surface area contributed by atoms with Crippen molar-refractivity contribution in [1.29, 1.82) is 0 Å². The van der Waals surface area contributed by atoms with E-state index in [1.807, 2.05) is 5.38 Å². The summed E-state index contributed by atoms with van der Waals surface area (Å²) >= 11 is 4.77. The lowest BCUT2D eigenvalue weighted by Gasteiger charge is -2.09. The third kappa shape index (κ3) is 5.24. The van der Waals surface area contributed by atoms with E-state index in [0.717, 1.165) is 5.56 Å². The highest BCUT2D eigenvalue weighted by molar-refractivity contribution is 9.10. The number of thiophene rings is 1. The molecule has 0 saturated carbocycles. The van der Waals surface area contributed by atoms with Crippen LogP contribution in [0.15, 0.2) is 69.6 Å². The van der Waals surface area contributed by atoms with E-state index in [1.54, 1.807) is 42.5 Å². The van der Waals surface area contributed by atoms with Gasteiger partial charge in [-0.1, -0.05) is 18.2 Å². The van der Waals surface area contributed by atoms with E-state index in [9.17, 15) is 14.9 Å². The maximum atomic E-state index is 11.8. The summed E-state index contributed by atoms with van der Waals surface area (Å²) in [5.74, 6) is 0.327. The molecule has 142 valence electrons. The number of non-ortho nitro benzene ring substituents is 1. The molecule has 3 aromatic rings. The maximum Gasteiger partial charge on any atom is 0.281 e. The van der Waals surface area contributed by atoms with Crippen LogP contribution < -0.4 is 10.2 Å². The first-order valence-corrected chi connectivity index (χ1v) is 9.73. The fraction of sp³-hybridized carbons (Fsp3) is 0.0526. The van der Waals surface area contributed by atoms with E-state index < -0.39 is 4.92 Å². The van der Waals surface area contributed by atoms with Crippen molar-refractivity contribution in [2.75, 3.05) is 0 Å². The Morgan fingerprint density at radius 3 is 2.82 bits per heavy atom. The number of benzene rings is 2. The van der Waals surface area contributed by atoms with E-state index in [4.69, 9.17) is 4.74 Å². The Labute approximate surface area is 172 Å². The largest absolute Gasteiger partial charge is 0.488 e. The van der Waals surface area contributed by atoms with Crippen LogP contribution in [0.2, 0.25) is 0 Å². The number of amides is 1. The second-order valence-corrected chi connectivity index (χ2v) is 7.38. The van der Waals surface area contributed by atoms with Crippen molar-refractivity contribution in [1.82, 2.24) is 5.43 Å². The van der Waals surface area contributed by atoms with Gasteiger partial charge >= 0.3 is 0 Å². The molecule has 1 amide bonds. The summed E-state index contributed by atoms with van der Waals surface area (Å²) in [6, 6.07) is 15.2. The van der Waals surface area contributed by atoms with E-state index in [0.29, 0.717) is 20.7 Å². The van der Waals surface area contributed by atoms with Crippen LogP contribution in [0.5, 0.6) is 5.75 Å². The quantitative estimate of drug-likeness (QED) is 0.313. The highest BCUT2D eigenvalue weighted by Crippen LogP contribution is 2.26. The molecule has 9 heteroatoms. The van der Waals surface area contributed by atoms with Gasteiger partial charge in [0.15, 0.2) is 0 Å². The first-order valence-electron chi connectivity index (χ1n) is 8.05. The Bertz CT molecular complexity index is 1020. The molecular weight excluding hydrogens is 446 g/mol. The van der Waals surface area contributed by atoms with E-state index in [-0.39, 0.29) is 18.2 Å². The number of carbonyl (C=O) groups excluding carboxylic acids is 1. The lowest BCUT2D eigenvalue weighted by molar-refractivity contribution is -0.384. The topological polar surface area (TPSA) is 93.8 Å². The van der Waals surface area contributed by atoms with Gasteiger partial charge in [0.1, 0.15) is 12.4 Å². The normalized spacial score (nSPS) is 10.8. The second-order valence-electron chi connectivity index (χ2n) is 5.58. The minimum Gasteiger partial charge on any atom is -0.488 e. The lowest BCUT2D eigenvalue weighted by atomic mass is 10.2. The molecule has 1 N–H and O–H groups in total. The van der Waals surface area contributed by atoms with Crippen molar-refractivity contribution in [3.05, 3.63) is 90.6 Å². The van der Waals surface area contributed by atoms with Crippen molar-refractivity contribution < 1.29 is 14.5 Å². The van der Waals surface area contributed by atoms with Crippen LogP contribution in [-0.4, -0.2) is 17.0 Å². The fourth-order valence-electron chi connectivity index (χ4n) is 2.26. The number of hydrogen-bond donors (Lipinski definition) is 1. The standard InChI is InChI=1S/C19H14BrN3O4S/c20-16-10-13(11-21-22-19(24)18-5-2-8-28-18)6-7-17(16)27-12-14-3-1-4-15(9-14)23(25)26/h1-11H,12H2,(H,22,24)/b21-11+. The molecule has 7 nitrogen and oxygen atoms in total. The van der Waals surface area contributed by atoms with Gasteiger partial charge in [0.25, 0.3) is 11.6 Å². The molecule has 1 heterocycles. The number of ether oxygens (including phenoxy) is 1. The molecule has 0 spiro atoms. The van der Waals surface area contributed by atoms with Crippen molar-refractivity contribution in [3.8, 4) is 5.75 Å². The molecule has 0 unspecified atom stereocenters. The van der Waals surface area contributed by atoms with Gasteiger partial charge in [-0.15, -0.1) is 11.3 Å². The average molecular weight is 460 g/mol. The molecule has 0 bridgehead atoms. The molecule has 0 radical (unpaired) electrons. The van der Waals surface area contributed by atoms with Gasteiger partial charge in [0.05, 0.1) is 20.5 Å². The number of rotatable bonds is 7. The number of nitrogens with zero attached hydrogens (tertiary/aromatic N) is 2. The molecule has 0 saturated heterocycles. The third-order valence-corrected chi connectivity index (χ3v) is 5.08. The molecule has 0 aliphatic carbocycles. The zero-order valence-electron chi connectivity index (χ0n) is 14.4. The zero-order valence-corrected chi connectivity index (χ0v) is 16.8. The molecule has 0 atom stereocenters. The van der Waals surface area contributed by atoms with Gasteiger partial charge in [0, 0.05) is 12.1 Å². The Kier molecular flexibility index (Phi) is 6.51. The molecule has 0 fully saturated rings. The van der Waals surface area contributed by atoms with Crippen LogP contribution >= 0.6 is 27.3 Å². The molecule has 0 aliphatic rings. The minimum absolute atomic E-state index is 0.0244. The van der Waals surface area contributed by atoms with Gasteiger partial charge in [-0.3, -0.25) is 14.9 Å². The van der Waals surface area contributed by atoms with Gasteiger partial charge < -0.3 is 4.74 Å². The third-order valence-electron chi connectivity index (χ3n) is 3.60. The van der Waals surface area contributed by atoms with E-state index in [1.165, 1.54) is 29.7 Å². The highest BCUT2D eigenvalue weighted by atomic mass is 79.9. The Morgan fingerprint density at radius 2 is 2.11 bits per heavy atom. The second kappa shape index (κ2) is 9.25. The zero-order chi connectivity index (χ0) is 19.9. The number of carbonyl (C=O) groups is 1. The monoisotopic (exact) mass is 459 g/mol. The highest BCUT2D eigenvalue weighted by Gasteiger charge is 2.08. The predicted octanol–water partition coefficient (Wildman–Crippen LogP) is 4.76. The summed E-state index contributed by atoms with van der Waals surface area (Å²) in [7, 11) is 0. The van der Waals surface area contributed by atoms with Gasteiger partial charge in [0.2, 0.25) is 0 Å². The Hall–Kier alpha value is -3.04. The maximum absolute atomic E-state index is 11.8. The number of nitro groups is 1. The summed E-state index contributed by atoms with van der Waals surface area (Å²) in [5, 5.41) is 16.6. The van der Waals surface area contributed by atoms with Crippen molar-refractivity contribution in [2.24, 2.45) is 5.10 Å². The van der Waals surface area contributed by atoms with Gasteiger partial charge in [-0.05, 0) is 56.7 Å². The fourth-order valence-corrected chi connectivity index (χ4v) is 3.39. The predicted molar refractivity (Wildman–Crippen MR) is 111 cm³/mol. The smallest absolute Gasteiger partial charge is 0.281 e. The first kappa shape index (κ1) is 19.7. The van der Waals surface area contributed by atoms with Gasteiger partial charge in [-0.2, -0.15) is 5.10 Å². The van der Waals surface area contributed by atoms with Crippen LogP contribution in [-0.2, 0) is 6.61 Å². The molecule has 2 aromatic carbocycles.